The number of carboxylic acid groups (broad SMARTS) is 1. The van der Waals surface area contributed by atoms with Gasteiger partial charge in [-0.05, 0) is 118 Å². The van der Waals surface area contributed by atoms with Crippen molar-refractivity contribution in [3.63, 3.8) is 0 Å². The van der Waals surface area contributed by atoms with Crippen LogP contribution in [-0.4, -0.2) is 56.1 Å². The van der Waals surface area contributed by atoms with Crippen LogP contribution in [0.5, 0.6) is 0 Å². The van der Waals surface area contributed by atoms with Crippen LogP contribution in [0, 0.1) is 39.3 Å². The number of anilines is 1. The van der Waals surface area contributed by atoms with Gasteiger partial charge in [-0.15, -0.1) is 0 Å². The van der Waals surface area contributed by atoms with Crippen LogP contribution in [-0.2, 0) is 26.0 Å². The third-order valence-electron chi connectivity index (χ3n) is 8.66. The van der Waals surface area contributed by atoms with Gasteiger partial charge in [-0.25, -0.2) is 8.78 Å². The minimum absolute atomic E-state index is 0. The molecule has 295 valence electrons. The van der Waals surface area contributed by atoms with Crippen molar-refractivity contribution in [3.8, 4) is 22.8 Å². The van der Waals surface area contributed by atoms with Crippen molar-refractivity contribution in [2.45, 2.75) is 54.1 Å². The predicted octanol–water partition coefficient (Wildman–Crippen LogP) is -0.0124. The molecule has 1 aromatic carbocycles. The number of pyridine rings is 5. The van der Waals surface area contributed by atoms with E-state index in [1.54, 1.807) is 11.8 Å². The molecule has 6 aromatic rings. The summed E-state index contributed by atoms with van der Waals surface area (Å²) in [7, 11) is 0. The SMILES string of the molecule is CCn1cc(C(=O)[O-])c(=O)c2cc(F)c(N3CCNC(C)C3)c(F)c21.Cc1ccnc(-c2cc(C)ccn2)c1.Cc1ccnc(-c2cc(C)ccn2)c1.[Cl-].[Cl-].[Ru+3]. The monoisotopic (exact) mass is 890 g/mol. The molecule has 0 spiro atoms. The molecule has 0 amide bonds. The number of hydrogen-bond acceptors (Lipinski definition) is 9. The number of piperazine rings is 1. The van der Waals surface area contributed by atoms with Crippen molar-refractivity contribution in [1.29, 1.82) is 0 Å². The number of rotatable bonds is 5. The first-order valence-electron chi connectivity index (χ1n) is 17.3. The molecule has 1 fully saturated rings. The quantitative estimate of drug-likeness (QED) is 0.238. The molecule has 0 aliphatic carbocycles. The Labute approximate surface area is 350 Å². The van der Waals surface area contributed by atoms with Crippen molar-refractivity contribution in [3.05, 3.63) is 135 Å². The molecule has 1 aliphatic heterocycles. The van der Waals surface area contributed by atoms with E-state index in [2.05, 4.69) is 52.9 Å². The summed E-state index contributed by atoms with van der Waals surface area (Å²) in [5.41, 5.74) is 6.73. The summed E-state index contributed by atoms with van der Waals surface area (Å²) in [5, 5.41) is 14.0. The molecule has 56 heavy (non-hydrogen) atoms. The van der Waals surface area contributed by atoms with Crippen LogP contribution in [0.15, 0.2) is 90.4 Å². The minimum atomic E-state index is -1.67. The Hall–Kier alpha value is -4.68. The molecular formula is C41H42Cl2F2N7O3Ru. The molecule has 1 aliphatic rings. The second-order valence-corrected chi connectivity index (χ2v) is 13.0. The van der Waals surface area contributed by atoms with E-state index >= 15 is 4.39 Å². The number of halogens is 4. The van der Waals surface area contributed by atoms with Crippen molar-refractivity contribution in [2.75, 3.05) is 24.5 Å². The standard InChI is InChI=1S/C17H19F2N3O3.2C12H12N2.2ClH.Ru/c1-3-21-8-11(17(24)25)16(23)10-6-12(18)15(13(19)14(10)21)22-5-4-20-9(2)7-22;2*1-9-3-5-13-11(7-9)12-8-10(2)4-6-14-12;;;/h6,8-9,20H,3-5,7H2,1-2H3,(H,24,25);2*3-8H,1-2H3;2*1H;/q;;;;;+3/p-3. The van der Waals surface area contributed by atoms with Gasteiger partial charge in [0, 0.05) is 63.2 Å². The fourth-order valence-electron chi connectivity index (χ4n) is 6.00. The van der Waals surface area contributed by atoms with Crippen LogP contribution in [0.4, 0.5) is 14.5 Å². The number of nitrogens with one attached hydrogen (secondary N) is 1. The Balaban J connectivity index is 0.000000301. The van der Waals surface area contributed by atoms with E-state index in [9.17, 15) is 19.1 Å². The van der Waals surface area contributed by atoms with Crippen LogP contribution in [0.1, 0.15) is 46.5 Å². The van der Waals surface area contributed by atoms with Gasteiger partial charge < -0.3 is 49.5 Å². The maximum absolute atomic E-state index is 15.2. The van der Waals surface area contributed by atoms with Gasteiger partial charge in [-0.1, -0.05) is 0 Å². The van der Waals surface area contributed by atoms with Crippen LogP contribution in [0.3, 0.4) is 0 Å². The fourth-order valence-corrected chi connectivity index (χ4v) is 6.00. The molecule has 1 saturated heterocycles. The van der Waals surface area contributed by atoms with Gasteiger partial charge in [0.2, 0.25) is 0 Å². The zero-order valence-electron chi connectivity index (χ0n) is 31.8. The van der Waals surface area contributed by atoms with E-state index in [-0.39, 0.29) is 73.5 Å². The molecule has 10 nitrogen and oxygen atoms in total. The van der Waals surface area contributed by atoms with E-state index in [0.717, 1.165) is 35.0 Å². The topological polar surface area (TPSA) is 129 Å². The average Bonchev–Trinajstić information content (AvgIpc) is 3.12. The van der Waals surface area contributed by atoms with Crippen LogP contribution >= 0.6 is 0 Å². The van der Waals surface area contributed by atoms with E-state index in [1.165, 1.54) is 26.8 Å². The smallest absolute Gasteiger partial charge is 1.00 e. The summed E-state index contributed by atoms with van der Waals surface area (Å²) >= 11 is 0. The molecule has 0 saturated carbocycles. The molecule has 1 atom stereocenters. The summed E-state index contributed by atoms with van der Waals surface area (Å²) in [6.45, 7) is 13.5. The Bertz CT molecular complexity index is 2160. The zero-order chi connectivity index (χ0) is 38.2. The van der Waals surface area contributed by atoms with Gasteiger partial charge >= 0.3 is 19.5 Å². The molecule has 0 bridgehead atoms. The number of aryl methyl sites for hydroxylation is 5. The molecule has 7 rings (SSSR count). The van der Waals surface area contributed by atoms with Gasteiger partial charge in [-0.3, -0.25) is 24.7 Å². The van der Waals surface area contributed by atoms with Gasteiger partial charge in [0.15, 0.2) is 11.2 Å². The van der Waals surface area contributed by atoms with E-state index in [1.807, 2.05) is 80.2 Å². The third-order valence-corrected chi connectivity index (χ3v) is 8.66. The number of fused-ring (bicyclic) bond motifs is 1. The van der Waals surface area contributed by atoms with Crippen LogP contribution < -0.4 is 45.6 Å². The fraction of sp³-hybridized carbons (Fsp3) is 0.268. The first-order chi connectivity index (χ1) is 25.4. The molecule has 1 N–H and O–H groups in total. The third kappa shape index (κ3) is 11.7. The summed E-state index contributed by atoms with van der Waals surface area (Å²) in [4.78, 5) is 42.2. The van der Waals surface area contributed by atoms with Gasteiger partial charge in [-0.2, -0.15) is 0 Å². The first kappa shape index (κ1) is 47.5. The molecule has 1 radical (unpaired) electrons. The number of benzene rings is 1. The van der Waals surface area contributed by atoms with E-state index < -0.39 is 28.6 Å². The normalized spacial score (nSPS) is 13.1. The summed E-state index contributed by atoms with van der Waals surface area (Å²) in [6.07, 6.45) is 8.30. The van der Waals surface area contributed by atoms with E-state index in [4.69, 9.17) is 0 Å². The van der Waals surface area contributed by atoms with Crippen molar-refractivity contribution >= 4 is 22.6 Å². The molecular weight excluding hydrogens is 848 g/mol. The van der Waals surface area contributed by atoms with Crippen molar-refractivity contribution < 1.29 is 63.0 Å². The Morgan fingerprint density at radius 2 is 1.23 bits per heavy atom. The molecule has 6 heterocycles. The van der Waals surface area contributed by atoms with Crippen molar-refractivity contribution in [2.24, 2.45) is 0 Å². The Morgan fingerprint density at radius 1 is 0.804 bits per heavy atom. The van der Waals surface area contributed by atoms with Crippen LogP contribution in [0.25, 0.3) is 33.7 Å². The van der Waals surface area contributed by atoms with Crippen molar-refractivity contribution in [1.82, 2.24) is 29.8 Å². The van der Waals surface area contributed by atoms with Gasteiger partial charge in [0.05, 0.1) is 45.2 Å². The number of carbonyl (C=O) groups is 1. The molecule has 15 heteroatoms. The summed E-state index contributed by atoms with van der Waals surface area (Å²) < 4.78 is 31.1. The summed E-state index contributed by atoms with van der Waals surface area (Å²) in [6, 6.07) is 17.1. The number of aromatic nitrogens is 5. The second-order valence-electron chi connectivity index (χ2n) is 13.0. The molecule has 1 unspecified atom stereocenters. The van der Waals surface area contributed by atoms with Gasteiger partial charge in [0.25, 0.3) is 0 Å². The van der Waals surface area contributed by atoms with E-state index in [0.29, 0.717) is 19.6 Å². The predicted molar refractivity (Wildman–Crippen MR) is 202 cm³/mol. The largest absolute Gasteiger partial charge is 3.00 e. The zero-order valence-corrected chi connectivity index (χ0v) is 35.0. The Morgan fingerprint density at radius 3 is 1.59 bits per heavy atom. The number of carboxylic acids is 1. The van der Waals surface area contributed by atoms with Crippen LogP contribution in [0.2, 0.25) is 0 Å². The maximum Gasteiger partial charge on any atom is 3.00 e. The Kier molecular flexibility index (Phi) is 18.3. The maximum atomic E-state index is 15.2. The number of nitrogens with zero attached hydrogens (tertiary/aromatic N) is 6. The minimum Gasteiger partial charge on any atom is -1.00 e. The second kappa shape index (κ2) is 21.6. The molecule has 5 aromatic heterocycles. The number of aromatic carboxylic acids is 1. The number of carbonyl (C=O) groups excluding carboxylic acids is 1. The summed E-state index contributed by atoms with van der Waals surface area (Å²) in [5.74, 6) is -3.41. The number of hydrogen-bond donors (Lipinski definition) is 1. The first-order valence-corrected chi connectivity index (χ1v) is 17.3. The average molecular weight is 891 g/mol. The van der Waals surface area contributed by atoms with Gasteiger partial charge in [0.1, 0.15) is 11.5 Å².